The van der Waals surface area contributed by atoms with Gasteiger partial charge in [0.15, 0.2) is 0 Å². The fraction of sp³-hybridized carbons (Fsp3) is 0.741. The highest BCUT2D eigenvalue weighted by Crippen LogP contribution is 2.44. The van der Waals surface area contributed by atoms with E-state index < -0.39 is 0 Å². The van der Waals surface area contributed by atoms with Gasteiger partial charge in [0.25, 0.3) is 5.23 Å². The van der Waals surface area contributed by atoms with E-state index in [0.29, 0.717) is 6.04 Å². The first-order valence-electron chi connectivity index (χ1n) is 13.1. The summed E-state index contributed by atoms with van der Waals surface area (Å²) in [5.74, 6) is 1.88. The van der Waals surface area contributed by atoms with Crippen molar-refractivity contribution in [3.63, 3.8) is 0 Å². The molecule has 1 aromatic carbocycles. The molecule has 0 bridgehead atoms. The maximum atomic E-state index is 5.96. The molecule has 0 saturated heterocycles. The molecule has 32 heavy (non-hydrogen) atoms. The molecule has 5 heteroatoms. The molecule has 0 aromatic heterocycles. The SMILES string of the molecule is CCCCCOc1ccc(C2SC(OCCC)=NN2C2CCC(CCCCC)CC2)cc1. The van der Waals surface area contributed by atoms with Crippen LogP contribution in [0.5, 0.6) is 5.75 Å². The van der Waals surface area contributed by atoms with Crippen molar-refractivity contribution in [2.75, 3.05) is 13.2 Å². The van der Waals surface area contributed by atoms with Crippen LogP contribution >= 0.6 is 11.8 Å². The maximum absolute atomic E-state index is 5.96. The number of benzene rings is 1. The third kappa shape index (κ3) is 7.60. The Kier molecular flexibility index (Phi) is 11.1. The van der Waals surface area contributed by atoms with E-state index in [9.17, 15) is 0 Å². The quantitative estimate of drug-likeness (QED) is 0.278. The number of unbranched alkanes of at least 4 members (excludes halogenated alkanes) is 4. The van der Waals surface area contributed by atoms with Crippen molar-refractivity contribution in [2.45, 2.75) is 109 Å². The summed E-state index contributed by atoms with van der Waals surface area (Å²) in [6.07, 6.45) is 15.3. The number of thioether (sulfide) groups is 1. The van der Waals surface area contributed by atoms with Crippen molar-refractivity contribution in [2.24, 2.45) is 11.0 Å². The molecule has 1 aliphatic carbocycles. The van der Waals surface area contributed by atoms with Crippen molar-refractivity contribution in [3.05, 3.63) is 29.8 Å². The van der Waals surface area contributed by atoms with E-state index in [1.54, 1.807) is 11.8 Å². The molecular weight excluding hydrogens is 416 g/mol. The highest BCUT2D eigenvalue weighted by atomic mass is 32.2. The van der Waals surface area contributed by atoms with Gasteiger partial charge < -0.3 is 9.47 Å². The molecule has 1 saturated carbocycles. The fourth-order valence-electron chi connectivity index (χ4n) is 4.72. The molecule has 1 aliphatic heterocycles. The first kappa shape index (κ1) is 25.3. The lowest BCUT2D eigenvalue weighted by atomic mass is 9.82. The van der Waals surface area contributed by atoms with Crippen LogP contribution in [0.15, 0.2) is 29.4 Å². The molecule has 3 rings (SSSR count). The minimum absolute atomic E-state index is 0.206. The molecule has 2 aliphatic rings. The molecule has 1 unspecified atom stereocenters. The van der Waals surface area contributed by atoms with Gasteiger partial charge in [0, 0.05) is 6.04 Å². The summed E-state index contributed by atoms with van der Waals surface area (Å²) in [6.45, 7) is 8.20. The molecule has 0 N–H and O–H groups in total. The molecular formula is C27H44N2O2S. The van der Waals surface area contributed by atoms with E-state index in [4.69, 9.17) is 14.6 Å². The molecule has 0 amide bonds. The second-order valence-corrected chi connectivity index (χ2v) is 10.4. The monoisotopic (exact) mass is 460 g/mol. The molecule has 1 aromatic rings. The fourth-order valence-corrected chi connectivity index (χ4v) is 5.82. The molecule has 1 heterocycles. The van der Waals surface area contributed by atoms with Crippen LogP contribution in [0, 0.1) is 5.92 Å². The normalized spacial score (nSPS) is 23.3. The summed E-state index contributed by atoms with van der Waals surface area (Å²) in [6, 6.07) is 9.19. The lowest BCUT2D eigenvalue weighted by molar-refractivity contribution is 0.127. The van der Waals surface area contributed by atoms with Crippen molar-refractivity contribution >= 4 is 17.0 Å². The van der Waals surface area contributed by atoms with Crippen LogP contribution < -0.4 is 4.74 Å². The summed E-state index contributed by atoms with van der Waals surface area (Å²) in [5, 5.41) is 8.36. The van der Waals surface area contributed by atoms with Crippen LogP contribution in [0.1, 0.15) is 109 Å². The number of rotatable bonds is 13. The number of hydrogen-bond acceptors (Lipinski definition) is 5. The van der Waals surface area contributed by atoms with Gasteiger partial charge in [-0.2, -0.15) is 0 Å². The first-order valence-corrected chi connectivity index (χ1v) is 14.0. The Morgan fingerprint density at radius 1 is 0.844 bits per heavy atom. The summed E-state index contributed by atoms with van der Waals surface area (Å²) in [5.41, 5.74) is 1.29. The number of ether oxygens (including phenoxy) is 2. The summed E-state index contributed by atoms with van der Waals surface area (Å²) in [7, 11) is 0. The Labute approximate surface area is 200 Å². The van der Waals surface area contributed by atoms with Crippen molar-refractivity contribution in [1.29, 1.82) is 0 Å². The van der Waals surface area contributed by atoms with Gasteiger partial charge in [-0.25, -0.2) is 0 Å². The predicted octanol–water partition coefficient (Wildman–Crippen LogP) is 8.14. The van der Waals surface area contributed by atoms with E-state index in [1.807, 2.05) is 0 Å². The third-order valence-corrected chi connectivity index (χ3v) is 7.78. The smallest absolute Gasteiger partial charge is 0.269 e. The number of nitrogens with zero attached hydrogens (tertiary/aromatic N) is 2. The van der Waals surface area contributed by atoms with Crippen molar-refractivity contribution < 1.29 is 9.47 Å². The van der Waals surface area contributed by atoms with Crippen LogP contribution in [-0.4, -0.2) is 29.5 Å². The zero-order chi connectivity index (χ0) is 22.6. The Bertz CT molecular complexity index is 671. The Hall–Kier alpha value is -1.36. The molecule has 0 radical (unpaired) electrons. The third-order valence-electron chi connectivity index (χ3n) is 6.67. The van der Waals surface area contributed by atoms with Crippen LogP contribution in [0.4, 0.5) is 0 Å². The van der Waals surface area contributed by atoms with Crippen LogP contribution in [-0.2, 0) is 4.74 Å². The minimum Gasteiger partial charge on any atom is -0.494 e. The topological polar surface area (TPSA) is 34.1 Å². The zero-order valence-electron chi connectivity index (χ0n) is 20.6. The second kappa shape index (κ2) is 14.0. The Balaban J connectivity index is 1.60. The average Bonchev–Trinajstić information content (AvgIpc) is 3.26. The molecule has 1 atom stereocenters. The van der Waals surface area contributed by atoms with E-state index in [2.05, 4.69) is 50.0 Å². The van der Waals surface area contributed by atoms with Gasteiger partial charge in [-0.1, -0.05) is 71.4 Å². The molecule has 180 valence electrons. The zero-order valence-corrected chi connectivity index (χ0v) is 21.4. The van der Waals surface area contributed by atoms with E-state index >= 15 is 0 Å². The Morgan fingerprint density at radius 3 is 2.25 bits per heavy atom. The van der Waals surface area contributed by atoms with Crippen LogP contribution in [0.2, 0.25) is 0 Å². The molecule has 4 nitrogen and oxygen atoms in total. The standard InChI is InChI=1S/C27H44N2O2S/c1-4-7-9-11-22-12-16-24(17-13-22)29-26(32-27(28-29)31-20-6-3)23-14-18-25(19-15-23)30-21-10-8-5-2/h14-15,18-19,22,24,26H,4-13,16-17,20-21H2,1-3H3. The largest absolute Gasteiger partial charge is 0.494 e. The maximum Gasteiger partial charge on any atom is 0.269 e. The van der Waals surface area contributed by atoms with E-state index in [-0.39, 0.29) is 5.37 Å². The first-order chi connectivity index (χ1) is 15.7. The number of hydrazone groups is 1. The molecule has 0 spiro atoms. The van der Waals surface area contributed by atoms with Gasteiger partial charge in [-0.05, 0) is 73.9 Å². The van der Waals surface area contributed by atoms with Crippen molar-refractivity contribution in [3.8, 4) is 5.75 Å². The van der Waals surface area contributed by atoms with Gasteiger partial charge >= 0.3 is 0 Å². The van der Waals surface area contributed by atoms with Crippen molar-refractivity contribution in [1.82, 2.24) is 5.01 Å². The second-order valence-electron chi connectivity index (χ2n) is 9.36. The van der Waals surface area contributed by atoms with Gasteiger partial charge in [-0.3, -0.25) is 5.01 Å². The minimum atomic E-state index is 0.206. The van der Waals surface area contributed by atoms with Gasteiger partial charge in [-0.15, -0.1) is 5.10 Å². The van der Waals surface area contributed by atoms with Gasteiger partial charge in [0.2, 0.25) is 0 Å². The highest BCUT2D eigenvalue weighted by Gasteiger charge is 2.36. The predicted molar refractivity (Wildman–Crippen MR) is 137 cm³/mol. The summed E-state index contributed by atoms with van der Waals surface area (Å²) >= 11 is 1.77. The Morgan fingerprint density at radius 2 is 1.56 bits per heavy atom. The molecule has 1 fully saturated rings. The average molecular weight is 461 g/mol. The summed E-state index contributed by atoms with van der Waals surface area (Å²) < 4.78 is 11.9. The van der Waals surface area contributed by atoms with Gasteiger partial charge in [0.1, 0.15) is 11.1 Å². The van der Waals surface area contributed by atoms with Crippen LogP contribution in [0.25, 0.3) is 0 Å². The van der Waals surface area contributed by atoms with Gasteiger partial charge in [0.05, 0.1) is 13.2 Å². The lowest BCUT2D eigenvalue weighted by Crippen LogP contribution is -2.34. The van der Waals surface area contributed by atoms with E-state index in [1.165, 1.54) is 69.8 Å². The summed E-state index contributed by atoms with van der Waals surface area (Å²) in [4.78, 5) is 0. The van der Waals surface area contributed by atoms with Crippen LogP contribution in [0.3, 0.4) is 0 Å². The van der Waals surface area contributed by atoms with E-state index in [0.717, 1.165) is 43.0 Å². The lowest BCUT2D eigenvalue weighted by Gasteiger charge is -2.36. The highest BCUT2D eigenvalue weighted by molar-refractivity contribution is 8.13. The number of hydrogen-bond donors (Lipinski definition) is 0.